The lowest BCUT2D eigenvalue weighted by Crippen LogP contribution is -2.47. The van der Waals surface area contributed by atoms with Crippen LogP contribution in [0.5, 0.6) is 0 Å². The minimum absolute atomic E-state index is 0.0348. The Morgan fingerprint density at radius 3 is 2.67 bits per heavy atom. The Hall–Kier alpha value is -1.10. The largest absolute Gasteiger partial charge is 0.481 e. The van der Waals surface area contributed by atoms with Crippen LogP contribution in [0.1, 0.15) is 40.0 Å². The number of carboxylic acid groups (broad SMARTS) is 1. The number of nitrogens with one attached hydrogen (secondary N) is 1. The highest BCUT2D eigenvalue weighted by molar-refractivity contribution is 5.76. The molecule has 1 aliphatic rings. The summed E-state index contributed by atoms with van der Waals surface area (Å²) in [4.78, 5) is 24.8. The van der Waals surface area contributed by atoms with Crippen LogP contribution in [0.3, 0.4) is 0 Å². The number of rotatable bonds is 5. The summed E-state index contributed by atoms with van der Waals surface area (Å²) in [6.07, 6.45) is 2.04. The van der Waals surface area contributed by atoms with Crippen molar-refractivity contribution in [2.45, 2.75) is 46.1 Å². The van der Waals surface area contributed by atoms with Gasteiger partial charge >= 0.3 is 5.97 Å². The van der Waals surface area contributed by atoms with Gasteiger partial charge < -0.3 is 15.3 Å². The molecule has 0 aliphatic carbocycles. The Balaban J connectivity index is 2.39. The van der Waals surface area contributed by atoms with Gasteiger partial charge in [-0.25, -0.2) is 0 Å². The van der Waals surface area contributed by atoms with Crippen LogP contribution >= 0.6 is 0 Å². The number of hydrogen-bond donors (Lipinski definition) is 2. The van der Waals surface area contributed by atoms with Crippen molar-refractivity contribution in [1.82, 2.24) is 10.2 Å². The molecule has 0 aromatic heterocycles. The van der Waals surface area contributed by atoms with Crippen LogP contribution in [0.2, 0.25) is 0 Å². The molecule has 5 heteroatoms. The van der Waals surface area contributed by atoms with Gasteiger partial charge in [-0.05, 0) is 40.2 Å². The Labute approximate surface area is 109 Å². The highest BCUT2D eigenvalue weighted by Crippen LogP contribution is 2.29. The van der Waals surface area contributed by atoms with Gasteiger partial charge in [-0.2, -0.15) is 0 Å². The Morgan fingerprint density at radius 1 is 1.44 bits per heavy atom. The van der Waals surface area contributed by atoms with Crippen molar-refractivity contribution in [1.29, 1.82) is 0 Å². The molecule has 1 aliphatic heterocycles. The van der Waals surface area contributed by atoms with Gasteiger partial charge in [-0.1, -0.05) is 0 Å². The first-order valence-electron chi connectivity index (χ1n) is 6.58. The summed E-state index contributed by atoms with van der Waals surface area (Å²) in [6.45, 7) is 7.72. The van der Waals surface area contributed by atoms with Crippen molar-refractivity contribution < 1.29 is 14.7 Å². The molecule has 1 unspecified atom stereocenters. The maximum absolute atomic E-state index is 11.5. The zero-order valence-corrected chi connectivity index (χ0v) is 11.5. The maximum Gasteiger partial charge on any atom is 0.310 e. The lowest BCUT2D eigenvalue weighted by Gasteiger charge is -2.37. The van der Waals surface area contributed by atoms with E-state index in [0.29, 0.717) is 19.5 Å². The molecular weight excluding hydrogens is 232 g/mol. The van der Waals surface area contributed by atoms with E-state index < -0.39 is 11.4 Å². The number of piperidine rings is 1. The van der Waals surface area contributed by atoms with Crippen LogP contribution in [0, 0.1) is 5.41 Å². The quantitative estimate of drug-likeness (QED) is 0.772. The number of carbonyl (C=O) groups is 2. The Bertz CT molecular complexity index is 317. The number of likely N-dealkylation sites (tertiary alicyclic amines) is 1. The van der Waals surface area contributed by atoms with E-state index in [2.05, 4.69) is 10.2 Å². The molecule has 104 valence electrons. The highest BCUT2D eigenvalue weighted by atomic mass is 16.4. The minimum atomic E-state index is -0.737. The van der Waals surface area contributed by atoms with Crippen LogP contribution in [0.15, 0.2) is 0 Å². The van der Waals surface area contributed by atoms with Crippen LogP contribution in [0.25, 0.3) is 0 Å². The highest BCUT2D eigenvalue weighted by Gasteiger charge is 2.37. The molecule has 0 aromatic rings. The summed E-state index contributed by atoms with van der Waals surface area (Å²) in [7, 11) is 0. The van der Waals surface area contributed by atoms with Crippen molar-refractivity contribution in [3.63, 3.8) is 0 Å². The van der Waals surface area contributed by atoms with Crippen molar-refractivity contribution in [3.8, 4) is 0 Å². The summed E-state index contributed by atoms with van der Waals surface area (Å²) in [5.74, 6) is -0.702. The van der Waals surface area contributed by atoms with E-state index in [9.17, 15) is 14.7 Å². The topological polar surface area (TPSA) is 69.6 Å². The molecule has 1 heterocycles. The van der Waals surface area contributed by atoms with Gasteiger partial charge in [-0.15, -0.1) is 0 Å². The fraction of sp³-hybridized carbons (Fsp3) is 0.846. The summed E-state index contributed by atoms with van der Waals surface area (Å²) in [5, 5.41) is 12.0. The summed E-state index contributed by atoms with van der Waals surface area (Å²) in [5.41, 5.74) is -0.660. The van der Waals surface area contributed by atoms with E-state index in [0.717, 1.165) is 19.4 Å². The van der Waals surface area contributed by atoms with Crippen LogP contribution in [-0.2, 0) is 9.59 Å². The molecule has 5 nitrogen and oxygen atoms in total. The Kier molecular flexibility index (Phi) is 5.14. The molecule has 2 N–H and O–H groups in total. The molecule has 0 radical (unpaired) electrons. The maximum atomic E-state index is 11.5. The first kappa shape index (κ1) is 15.0. The van der Waals surface area contributed by atoms with E-state index in [1.807, 2.05) is 13.8 Å². The van der Waals surface area contributed by atoms with Crippen LogP contribution in [0.4, 0.5) is 0 Å². The molecule has 0 saturated carbocycles. The fourth-order valence-corrected chi connectivity index (χ4v) is 2.36. The summed E-state index contributed by atoms with van der Waals surface area (Å²) >= 11 is 0. The molecular formula is C13H24N2O3. The smallest absolute Gasteiger partial charge is 0.310 e. The molecule has 18 heavy (non-hydrogen) atoms. The van der Waals surface area contributed by atoms with E-state index >= 15 is 0 Å². The second-order valence-corrected chi connectivity index (χ2v) is 5.72. The second kappa shape index (κ2) is 6.18. The molecule has 1 atom stereocenters. The van der Waals surface area contributed by atoms with Crippen LogP contribution in [-0.4, -0.2) is 47.6 Å². The summed E-state index contributed by atoms with van der Waals surface area (Å²) < 4.78 is 0. The third kappa shape index (κ3) is 4.29. The molecule has 1 rings (SSSR count). The normalized spacial score (nSPS) is 25.1. The first-order valence-corrected chi connectivity index (χ1v) is 6.58. The summed E-state index contributed by atoms with van der Waals surface area (Å²) in [6, 6.07) is 0.156. The molecule has 0 spiro atoms. The van der Waals surface area contributed by atoms with Crippen molar-refractivity contribution in [3.05, 3.63) is 0 Å². The number of aliphatic carboxylic acids is 1. The zero-order chi connectivity index (χ0) is 13.8. The molecule has 0 bridgehead atoms. The lowest BCUT2D eigenvalue weighted by atomic mass is 9.82. The average molecular weight is 256 g/mol. The number of carbonyl (C=O) groups excluding carboxylic acids is 1. The van der Waals surface area contributed by atoms with Crippen molar-refractivity contribution in [2.75, 3.05) is 19.6 Å². The monoisotopic (exact) mass is 256 g/mol. The second-order valence-electron chi connectivity index (χ2n) is 5.72. The first-order chi connectivity index (χ1) is 8.33. The Morgan fingerprint density at radius 2 is 2.11 bits per heavy atom. The van der Waals surface area contributed by atoms with Crippen molar-refractivity contribution in [2.24, 2.45) is 5.41 Å². The van der Waals surface area contributed by atoms with Gasteiger partial charge in [-0.3, -0.25) is 9.59 Å². The standard InChI is InChI=1S/C13H24N2O3/c1-10(2)14-11(16)5-8-15-7-4-6-13(3,9-15)12(17)18/h10H,4-9H2,1-3H3,(H,14,16)(H,17,18). The minimum Gasteiger partial charge on any atom is -0.481 e. The third-order valence-corrected chi connectivity index (χ3v) is 3.40. The average Bonchev–Trinajstić information content (AvgIpc) is 2.25. The van der Waals surface area contributed by atoms with Gasteiger partial charge in [0, 0.05) is 25.6 Å². The van der Waals surface area contributed by atoms with Gasteiger partial charge in [0.2, 0.25) is 5.91 Å². The van der Waals surface area contributed by atoms with Gasteiger partial charge in [0.1, 0.15) is 0 Å². The zero-order valence-electron chi connectivity index (χ0n) is 11.5. The predicted octanol–water partition coefficient (Wildman–Crippen LogP) is 1.09. The van der Waals surface area contributed by atoms with Gasteiger partial charge in [0.15, 0.2) is 0 Å². The lowest BCUT2D eigenvalue weighted by molar-refractivity contribution is -0.151. The van der Waals surface area contributed by atoms with E-state index in [1.165, 1.54) is 0 Å². The van der Waals surface area contributed by atoms with Crippen LogP contribution < -0.4 is 5.32 Å². The number of amides is 1. The molecule has 1 amide bonds. The van der Waals surface area contributed by atoms with Gasteiger partial charge in [0.05, 0.1) is 5.41 Å². The fourth-order valence-electron chi connectivity index (χ4n) is 2.36. The number of nitrogens with zero attached hydrogens (tertiary/aromatic N) is 1. The molecule has 1 fully saturated rings. The van der Waals surface area contributed by atoms with E-state index in [-0.39, 0.29) is 11.9 Å². The van der Waals surface area contributed by atoms with E-state index in [1.54, 1.807) is 6.92 Å². The SMILES string of the molecule is CC(C)NC(=O)CCN1CCCC(C)(C(=O)O)C1. The third-order valence-electron chi connectivity index (χ3n) is 3.40. The molecule has 1 saturated heterocycles. The van der Waals surface area contributed by atoms with E-state index in [4.69, 9.17) is 0 Å². The number of carboxylic acids is 1. The van der Waals surface area contributed by atoms with Crippen molar-refractivity contribution >= 4 is 11.9 Å². The number of hydrogen-bond acceptors (Lipinski definition) is 3. The van der Waals surface area contributed by atoms with Gasteiger partial charge in [0.25, 0.3) is 0 Å². The molecule has 0 aromatic carbocycles. The predicted molar refractivity (Wildman–Crippen MR) is 69.3 cm³/mol.